The van der Waals surface area contributed by atoms with Gasteiger partial charge >= 0.3 is 11.9 Å². The van der Waals surface area contributed by atoms with Crippen molar-refractivity contribution in [1.29, 1.82) is 0 Å². The summed E-state index contributed by atoms with van der Waals surface area (Å²) >= 11 is 7.28. The molecule has 1 N–H and O–H groups in total. The number of hydrogen-bond acceptors (Lipinski definition) is 7. The van der Waals surface area contributed by atoms with Crippen molar-refractivity contribution in [2.24, 2.45) is 5.92 Å². The number of nitrogens with one attached hydrogen (secondary N) is 1. The maximum Gasteiger partial charge on any atom is 0.342 e. The van der Waals surface area contributed by atoms with Crippen molar-refractivity contribution in [2.75, 3.05) is 11.9 Å². The van der Waals surface area contributed by atoms with Gasteiger partial charge in [-0.1, -0.05) is 18.5 Å². The Balaban J connectivity index is 1.78. The first-order chi connectivity index (χ1) is 14.3. The lowest BCUT2D eigenvalue weighted by atomic mass is 9.88. The molecule has 2 atom stereocenters. The van der Waals surface area contributed by atoms with Gasteiger partial charge in [0.25, 0.3) is 5.91 Å². The average molecular weight is 451 g/mol. The molecule has 2 unspecified atom stereocenters. The third-order valence-electron chi connectivity index (χ3n) is 4.86. The molecule has 1 aliphatic carbocycles. The Labute approximate surface area is 183 Å². The lowest BCUT2D eigenvalue weighted by Gasteiger charge is -2.18. The number of ether oxygens (including phenoxy) is 2. The molecule has 0 fully saturated rings. The van der Waals surface area contributed by atoms with E-state index in [0.717, 1.165) is 29.7 Å². The van der Waals surface area contributed by atoms with Crippen LogP contribution in [0.5, 0.6) is 0 Å². The first kappa shape index (κ1) is 22.2. The zero-order valence-electron chi connectivity index (χ0n) is 17.0. The van der Waals surface area contributed by atoms with Crippen molar-refractivity contribution in [3.05, 3.63) is 45.1 Å². The highest BCUT2D eigenvalue weighted by Gasteiger charge is 2.30. The Morgan fingerprint density at radius 3 is 2.83 bits per heavy atom. The minimum atomic E-state index is -1.10. The molecule has 0 aliphatic heterocycles. The summed E-state index contributed by atoms with van der Waals surface area (Å²) in [5.74, 6) is -1.23. The van der Waals surface area contributed by atoms with Gasteiger partial charge < -0.3 is 14.8 Å². The fourth-order valence-corrected chi connectivity index (χ4v) is 4.89. The molecule has 1 aliphatic rings. The highest BCUT2D eigenvalue weighted by atomic mass is 35.5. The third-order valence-corrected chi connectivity index (χ3v) is 6.33. The number of nitrogens with zero attached hydrogens (tertiary/aromatic N) is 1. The first-order valence-electron chi connectivity index (χ1n) is 9.75. The second-order valence-electron chi connectivity index (χ2n) is 7.15. The summed E-state index contributed by atoms with van der Waals surface area (Å²) in [6.07, 6.45) is 2.95. The fourth-order valence-electron chi connectivity index (χ4n) is 3.29. The smallest absolute Gasteiger partial charge is 0.342 e. The van der Waals surface area contributed by atoms with E-state index in [2.05, 4.69) is 17.2 Å². The molecule has 2 aromatic rings. The molecule has 0 bridgehead atoms. The molecule has 0 saturated carbocycles. The van der Waals surface area contributed by atoms with E-state index in [1.165, 1.54) is 30.5 Å². The molecular weight excluding hydrogens is 428 g/mol. The molecule has 9 heteroatoms. The molecule has 160 valence electrons. The molecule has 0 aromatic carbocycles. The number of rotatable bonds is 6. The van der Waals surface area contributed by atoms with Crippen LogP contribution in [0.4, 0.5) is 5.00 Å². The van der Waals surface area contributed by atoms with E-state index in [1.807, 2.05) is 0 Å². The molecule has 0 saturated heterocycles. The third kappa shape index (κ3) is 4.82. The molecule has 1 amide bonds. The maximum absolute atomic E-state index is 12.7. The Morgan fingerprint density at radius 2 is 2.13 bits per heavy atom. The second kappa shape index (κ2) is 9.57. The predicted molar refractivity (Wildman–Crippen MR) is 114 cm³/mol. The number of aromatic nitrogens is 1. The zero-order valence-corrected chi connectivity index (χ0v) is 18.6. The lowest BCUT2D eigenvalue weighted by molar-refractivity contribution is -0.123. The van der Waals surface area contributed by atoms with Crippen molar-refractivity contribution in [2.45, 2.75) is 46.1 Å². The van der Waals surface area contributed by atoms with Crippen LogP contribution in [0.25, 0.3) is 0 Å². The lowest BCUT2D eigenvalue weighted by Crippen LogP contribution is -2.30. The van der Waals surface area contributed by atoms with Crippen molar-refractivity contribution >= 4 is 45.8 Å². The van der Waals surface area contributed by atoms with E-state index in [1.54, 1.807) is 13.0 Å². The summed E-state index contributed by atoms with van der Waals surface area (Å²) < 4.78 is 10.4. The number of fused-ring (bicyclic) bond motifs is 1. The van der Waals surface area contributed by atoms with E-state index in [9.17, 15) is 14.4 Å². The summed E-state index contributed by atoms with van der Waals surface area (Å²) in [5, 5.41) is 3.18. The Morgan fingerprint density at radius 1 is 1.37 bits per heavy atom. The normalized spacial score (nSPS) is 16.3. The van der Waals surface area contributed by atoms with Crippen LogP contribution in [0, 0.1) is 5.92 Å². The molecule has 3 rings (SSSR count). The van der Waals surface area contributed by atoms with Crippen LogP contribution in [-0.4, -0.2) is 35.5 Å². The van der Waals surface area contributed by atoms with Gasteiger partial charge in [0.1, 0.15) is 10.2 Å². The van der Waals surface area contributed by atoms with Crippen LogP contribution >= 0.6 is 22.9 Å². The van der Waals surface area contributed by atoms with Gasteiger partial charge in [0.05, 0.1) is 17.7 Å². The van der Waals surface area contributed by atoms with Gasteiger partial charge in [-0.25, -0.2) is 14.6 Å². The number of pyridine rings is 1. The number of halogens is 1. The molecular formula is C21H23ClN2O5S. The number of carbonyl (C=O) groups is 3. The van der Waals surface area contributed by atoms with E-state index < -0.39 is 23.9 Å². The zero-order chi connectivity index (χ0) is 21.8. The van der Waals surface area contributed by atoms with Crippen LogP contribution < -0.4 is 5.32 Å². The molecule has 30 heavy (non-hydrogen) atoms. The largest absolute Gasteiger partial charge is 0.462 e. The minimum absolute atomic E-state index is 0.000225. The number of hydrogen-bond donors (Lipinski definition) is 1. The monoisotopic (exact) mass is 450 g/mol. The highest BCUT2D eigenvalue weighted by molar-refractivity contribution is 7.17. The first-order valence-corrected chi connectivity index (χ1v) is 10.9. The number of amides is 1. The highest BCUT2D eigenvalue weighted by Crippen LogP contribution is 2.40. The van der Waals surface area contributed by atoms with Gasteiger partial charge in [-0.15, -0.1) is 11.3 Å². The van der Waals surface area contributed by atoms with Gasteiger partial charge in [0.15, 0.2) is 6.10 Å². The summed E-state index contributed by atoms with van der Waals surface area (Å²) in [7, 11) is 0. The van der Waals surface area contributed by atoms with Crippen LogP contribution in [0.1, 0.15) is 58.3 Å². The number of carbonyl (C=O) groups excluding carboxylic acids is 3. The van der Waals surface area contributed by atoms with Crippen LogP contribution in [0.3, 0.4) is 0 Å². The van der Waals surface area contributed by atoms with E-state index in [-0.39, 0.29) is 17.3 Å². The molecule has 7 nitrogen and oxygen atoms in total. The summed E-state index contributed by atoms with van der Waals surface area (Å²) in [6.45, 7) is 5.60. The van der Waals surface area contributed by atoms with E-state index >= 15 is 0 Å². The van der Waals surface area contributed by atoms with Crippen molar-refractivity contribution in [3.63, 3.8) is 0 Å². The van der Waals surface area contributed by atoms with E-state index in [4.69, 9.17) is 21.1 Å². The number of anilines is 1. The van der Waals surface area contributed by atoms with Crippen molar-refractivity contribution < 1.29 is 23.9 Å². The van der Waals surface area contributed by atoms with Crippen LogP contribution in [-0.2, 0) is 27.1 Å². The van der Waals surface area contributed by atoms with Gasteiger partial charge in [-0.05, 0) is 56.7 Å². The summed E-state index contributed by atoms with van der Waals surface area (Å²) in [5.41, 5.74) is 1.43. The van der Waals surface area contributed by atoms with E-state index in [0.29, 0.717) is 16.5 Å². The standard InChI is InChI=1S/C21H23ClN2O5S/c1-4-28-21(27)16-13-8-7-11(2)10-15(13)30-19(16)24-18(25)12(3)29-20(26)14-6-5-9-23-17(14)22/h5-6,9,11-12H,4,7-8,10H2,1-3H3,(H,24,25). The topological polar surface area (TPSA) is 94.6 Å². The van der Waals surface area contributed by atoms with Crippen molar-refractivity contribution in [3.8, 4) is 0 Å². The van der Waals surface area contributed by atoms with Crippen LogP contribution in [0.2, 0.25) is 5.15 Å². The van der Waals surface area contributed by atoms with Gasteiger partial charge in [-0.2, -0.15) is 0 Å². The molecule has 2 heterocycles. The quantitative estimate of drug-likeness (QED) is 0.521. The molecule has 0 spiro atoms. The number of esters is 2. The fraction of sp³-hybridized carbons (Fsp3) is 0.429. The maximum atomic E-state index is 12.7. The van der Waals surface area contributed by atoms with Gasteiger partial charge in [0, 0.05) is 11.1 Å². The minimum Gasteiger partial charge on any atom is -0.462 e. The SMILES string of the molecule is CCOC(=O)c1c(NC(=O)C(C)OC(=O)c2cccnc2Cl)sc2c1CCC(C)C2. The second-order valence-corrected chi connectivity index (χ2v) is 8.62. The van der Waals surface area contributed by atoms with Gasteiger partial charge in [-0.3, -0.25) is 4.79 Å². The predicted octanol–water partition coefficient (Wildman–Crippen LogP) is 4.28. The Bertz CT molecular complexity index is 974. The van der Waals surface area contributed by atoms with Crippen molar-refractivity contribution in [1.82, 2.24) is 4.98 Å². The average Bonchev–Trinajstić information content (AvgIpc) is 3.05. The summed E-state index contributed by atoms with van der Waals surface area (Å²) in [6, 6.07) is 3.02. The van der Waals surface area contributed by atoms with Gasteiger partial charge in [0.2, 0.25) is 0 Å². The Kier molecular flexibility index (Phi) is 7.10. The molecule has 2 aromatic heterocycles. The van der Waals surface area contributed by atoms with Crippen LogP contribution in [0.15, 0.2) is 18.3 Å². The Hall–Kier alpha value is -2.45. The molecule has 0 radical (unpaired) electrons. The number of thiophene rings is 1. The summed E-state index contributed by atoms with van der Waals surface area (Å²) in [4.78, 5) is 42.4.